The van der Waals surface area contributed by atoms with Crippen LogP contribution in [0, 0.1) is 11.6 Å². The lowest BCUT2D eigenvalue weighted by atomic mass is 9.94. The van der Waals surface area contributed by atoms with Crippen molar-refractivity contribution in [1.29, 1.82) is 0 Å². The molecule has 2 aliphatic heterocycles. The van der Waals surface area contributed by atoms with Crippen LogP contribution in [0.2, 0.25) is 0 Å². The Kier molecular flexibility index (Phi) is 6.94. The number of rotatable bonds is 5. The number of ether oxygens (including phenoxy) is 2. The highest BCUT2D eigenvalue weighted by Gasteiger charge is 2.44. The number of aromatic nitrogens is 1. The van der Waals surface area contributed by atoms with E-state index in [0.717, 1.165) is 35.0 Å². The first-order valence-electron chi connectivity index (χ1n) is 12.1. The third-order valence-electron chi connectivity index (χ3n) is 6.75. The van der Waals surface area contributed by atoms with Gasteiger partial charge in [0.15, 0.2) is 23.1 Å². The van der Waals surface area contributed by atoms with Gasteiger partial charge in [0, 0.05) is 41.8 Å². The highest BCUT2D eigenvalue weighted by molar-refractivity contribution is 9.10. The van der Waals surface area contributed by atoms with E-state index in [1.54, 1.807) is 16.6 Å². The van der Waals surface area contributed by atoms with Gasteiger partial charge in [0.1, 0.15) is 18.0 Å². The lowest BCUT2D eigenvalue weighted by molar-refractivity contribution is 0.0570. The highest BCUT2D eigenvalue weighted by Crippen LogP contribution is 2.43. The monoisotopic (exact) mass is 573 g/mol. The predicted octanol–water partition coefficient (Wildman–Crippen LogP) is 4.99. The maximum Gasteiger partial charge on any atom is 0.277 e. The largest absolute Gasteiger partial charge is 0.493 e. The van der Waals surface area contributed by atoms with E-state index in [2.05, 4.69) is 15.9 Å². The molecule has 0 bridgehead atoms. The summed E-state index contributed by atoms with van der Waals surface area (Å²) in [6.45, 7) is 2.46. The minimum Gasteiger partial charge on any atom is -0.493 e. The van der Waals surface area contributed by atoms with Gasteiger partial charge in [0.05, 0.1) is 13.2 Å². The molecule has 1 aromatic heterocycles. The van der Waals surface area contributed by atoms with E-state index in [4.69, 9.17) is 9.47 Å². The SMILES string of the molecule is CCCCOc1c2n(ccc1=O)N1C(c3ccccc3Br)c3cc(F)c(F)cc3OCC[C@H]1N(C)C2=O. The molecule has 1 amide bonds. The molecule has 7 nitrogen and oxygen atoms in total. The van der Waals surface area contributed by atoms with Crippen LogP contribution in [0.4, 0.5) is 8.78 Å². The molecule has 0 spiro atoms. The summed E-state index contributed by atoms with van der Waals surface area (Å²) in [5, 5.41) is 1.90. The van der Waals surface area contributed by atoms with Crippen molar-refractivity contribution in [3.63, 3.8) is 0 Å². The number of halogens is 3. The predicted molar refractivity (Wildman–Crippen MR) is 138 cm³/mol. The minimum absolute atomic E-state index is 0.0269. The molecule has 3 heterocycles. The summed E-state index contributed by atoms with van der Waals surface area (Å²) in [5.74, 6) is -2.21. The topological polar surface area (TPSA) is 64.0 Å². The van der Waals surface area contributed by atoms with Crippen molar-refractivity contribution in [3.8, 4) is 11.5 Å². The fourth-order valence-electron chi connectivity index (χ4n) is 4.91. The Hall–Kier alpha value is -3.40. The van der Waals surface area contributed by atoms with E-state index in [0.29, 0.717) is 12.0 Å². The summed E-state index contributed by atoms with van der Waals surface area (Å²) >= 11 is 3.61. The van der Waals surface area contributed by atoms with Crippen molar-refractivity contribution in [3.05, 3.63) is 91.8 Å². The molecular weight excluding hydrogens is 548 g/mol. The van der Waals surface area contributed by atoms with Gasteiger partial charge < -0.3 is 14.4 Å². The third-order valence-corrected chi connectivity index (χ3v) is 7.47. The maximum atomic E-state index is 14.7. The van der Waals surface area contributed by atoms with E-state index >= 15 is 0 Å². The molecule has 2 aromatic carbocycles. The first-order chi connectivity index (χ1) is 17.8. The van der Waals surface area contributed by atoms with Crippen molar-refractivity contribution in [2.75, 3.05) is 25.3 Å². The first-order valence-corrected chi connectivity index (χ1v) is 12.9. The average Bonchev–Trinajstić information content (AvgIpc) is 2.87. The number of amides is 1. The Bertz CT molecular complexity index is 1410. The molecule has 1 unspecified atom stereocenters. The van der Waals surface area contributed by atoms with Crippen LogP contribution in [0.25, 0.3) is 0 Å². The fourth-order valence-corrected chi connectivity index (χ4v) is 5.41. The van der Waals surface area contributed by atoms with Crippen molar-refractivity contribution in [2.45, 2.75) is 38.4 Å². The van der Waals surface area contributed by atoms with E-state index in [-0.39, 0.29) is 36.3 Å². The number of hydrogen-bond donors (Lipinski definition) is 0. The summed E-state index contributed by atoms with van der Waals surface area (Å²) in [7, 11) is 1.65. The Morgan fingerprint density at radius 3 is 2.62 bits per heavy atom. The lowest BCUT2D eigenvalue weighted by Gasteiger charge is -2.50. The Morgan fingerprint density at radius 1 is 1.11 bits per heavy atom. The average molecular weight is 574 g/mol. The zero-order chi connectivity index (χ0) is 26.3. The van der Waals surface area contributed by atoms with Crippen molar-refractivity contribution in [1.82, 2.24) is 9.58 Å². The lowest BCUT2D eigenvalue weighted by Crippen LogP contribution is -2.62. The van der Waals surface area contributed by atoms with E-state index in [1.165, 1.54) is 12.3 Å². The molecule has 5 rings (SSSR count). The van der Waals surface area contributed by atoms with Crippen LogP contribution in [0.3, 0.4) is 0 Å². The number of carbonyl (C=O) groups is 1. The third kappa shape index (κ3) is 4.37. The number of hydrogen-bond acceptors (Lipinski definition) is 5. The molecule has 2 aliphatic rings. The van der Waals surface area contributed by atoms with E-state index in [1.807, 2.05) is 36.2 Å². The van der Waals surface area contributed by atoms with Gasteiger partial charge in [-0.2, -0.15) is 0 Å². The van der Waals surface area contributed by atoms with Crippen LogP contribution in [0.5, 0.6) is 11.5 Å². The Labute approximate surface area is 221 Å². The smallest absolute Gasteiger partial charge is 0.277 e. The number of nitrogens with zero attached hydrogens (tertiary/aromatic N) is 3. The van der Waals surface area contributed by atoms with Gasteiger partial charge >= 0.3 is 0 Å². The standard InChI is InChI=1S/C27H26BrF2N3O4/c1-3-4-12-37-26-21(34)9-11-32-25(26)27(35)31(2)23-10-13-36-22-15-20(30)19(29)14-17(22)24(33(23)32)16-7-5-6-8-18(16)28/h5-9,11,14-15,23-24H,3-4,10,12-13H2,1-2H3/t23-,24?/m0/s1. The van der Waals surface area contributed by atoms with Gasteiger partial charge in [-0.25, -0.2) is 8.78 Å². The van der Waals surface area contributed by atoms with Gasteiger partial charge in [0.25, 0.3) is 5.91 Å². The zero-order valence-electron chi connectivity index (χ0n) is 20.4. The molecule has 0 saturated heterocycles. The number of unbranched alkanes of at least 4 members (excludes halogenated alkanes) is 1. The molecule has 194 valence electrons. The molecule has 0 N–H and O–H groups in total. The van der Waals surface area contributed by atoms with Crippen LogP contribution >= 0.6 is 15.9 Å². The van der Waals surface area contributed by atoms with E-state index in [9.17, 15) is 18.4 Å². The normalized spacial score (nSPS) is 18.8. The summed E-state index contributed by atoms with van der Waals surface area (Å²) in [6, 6.07) is 10.3. The van der Waals surface area contributed by atoms with Crippen LogP contribution in [0.15, 0.2) is 57.9 Å². The van der Waals surface area contributed by atoms with Gasteiger partial charge in [0.2, 0.25) is 5.43 Å². The molecule has 37 heavy (non-hydrogen) atoms. The van der Waals surface area contributed by atoms with Crippen LogP contribution in [-0.4, -0.2) is 41.9 Å². The summed E-state index contributed by atoms with van der Waals surface area (Å²) < 4.78 is 43.1. The second-order valence-corrected chi connectivity index (χ2v) is 9.90. The fraction of sp³-hybridized carbons (Fsp3) is 0.333. The van der Waals surface area contributed by atoms with Gasteiger partial charge in [-0.3, -0.25) is 19.3 Å². The molecule has 3 aromatic rings. The number of benzene rings is 2. The van der Waals surface area contributed by atoms with Crippen LogP contribution in [0.1, 0.15) is 53.8 Å². The molecule has 2 atom stereocenters. The molecule has 0 aliphatic carbocycles. The Balaban J connectivity index is 1.80. The molecule has 0 radical (unpaired) electrons. The summed E-state index contributed by atoms with van der Waals surface area (Å²) in [6.07, 6.45) is 2.97. The highest BCUT2D eigenvalue weighted by atomic mass is 79.9. The second-order valence-electron chi connectivity index (χ2n) is 9.05. The minimum atomic E-state index is -1.01. The Morgan fingerprint density at radius 2 is 1.86 bits per heavy atom. The molecule has 0 saturated carbocycles. The summed E-state index contributed by atoms with van der Waals surface area (Å²) in [4.78, 5) is 28.0. The van der Waals surface area contributed by atoms with Crippen molar-refractivity contribution < 1.29 is 23.0 Å². The first kappa shape index (κ1) is 25.3. The van der Waals surface area contributed by atoms with Crippen molar-refractivity contribution in [2.24, 2.45) is 0 Å². The van der Waals surface area contributed by atoms with Gasteiger partial charge in [-0.1, -0.05) is 47.5 Å². The molecule has 10 heteroatoms. The zero-order valence-corrected chi connectivity index (χ0v) is 22.0. The van der Waals surface area contributed by atoms with Gasteiger partial charge in [-0.15, -0.1) is 0 Å². The molecule has 0 fully saturated rings. The quantitative estimate of drug-likeness (QED) is 0.402. The number of pyridine rings is 1. The van der Waals surface area contributed by atoms with Crippen LogP contribution in [-0.2, 0) is 0 Å². The van der Waals surface area contributed by atoms with Crippen molar-refractivity contribution >= 4 is 21.8 Å². The van der Waals surface area contributed by atoms with E-state index < -0.39 is 29.3 Å². The maximum absolute atomic E-state index is 14.7. The summed E-state index contributed by atoms with van der Waals surface area (Å²) in [5.41, 5.74) is 0.816. The number of fused-ring (bicyclic) bond motifs is 4. The molecular formula is C27H26BrF2N3O4. The van der Waals surface area contributed by atoms with Crippen LogP contribution < -0.4 is 19.9 Å². The number of carbonyl (C=O) groups excluding carboxylic acids is 1. The second kappa shape index (κ2) is 10.2. The van der Waals surface area contributed by atoms with Gasteiger partial charge in [-0.05, 0) is 24.1 Å².